The molecule has 0 aliphatic heterocycles. The molecular formula is C18H18N2S. The number of aromatic nitrogens is 2. The lowest BCUT2D eigenvalue weighted by Gasteiger charge is -2.20. The van der Waals surface area contributed by atoms with E-state index in [4.69, 9.17) is 0 Å². The van der Waals surface area contributed by atoms with Crippen LogP contribution < -0.4 is 0 Å². The van der Waals surface area contributed by atoms with Crippen molar-refractivity contribution in [1.82, 2.24) is 9.97 Å². The lowest BCUT2D eigenvalue weighted by atomic mass is 10.0. The molecule has 0 N–H and O–H groups in total. The maximum absolute atomic E-state index is 4.44. The number of rotatable bonds is 2. The summed E-state index contributed by atoms with van der Waals surface area (Å²) in [5, 5.41) is 1.17. The van der Waals surface area contributed by atoms with Gasteiger partial charge in [0.25, 0.3) is 0 Å². The first-order chi connectivity index (χ1) is 10.0. The molecule has 0 radical (unpaired) electrons. The van der Waals surface area contributed by atoms with Crippen LogP contribution in [0.5, 0.6) is 0 Å². The summed E-state index contributed by atoms with van der Waals surface area (Å²) in [6, 6.07) is 12.5. The summed E-state index contributed by atoms with van der Waals surface area (Å²) in [5.74, 6) is 0. The molecule has 3 heteroatoms. The van der Waals surface area contributed by atoms with Crippen molar-refractivity contribution in [2.24, 2.45) is 0 Å². The first kappa shape index (κ1) is 14.1. The number of hydrogen-bond acceptors (Lipinski definition) is 3. The average molecular weight is 294 g/mol. The van der Waals surface area contributed by atoms with E-state index in [0.717, 1.165) is 5.52 Å². The summed E-state index contributed by atoms with van der Waals surface area (Å²) in [6.45, 7) is 6.69. The van der Waals surface area contributed by atoms with Crippen molar-refractivity contribution >= 4 is 22.7 Å². The highest BCUT2D eigenvalue weighted by Gasteiger charge is 2.16. The molecule has 3 rings (SSSR count). The van der Waals surface area contributed by atoms with Crippen LogP contribution in [0.2, 0.25) is 0 Å². The normalized spacial score (nSPS) is 11.8. The molecule has 0 amide bonds. The van der Waals surface area contributed by atoms with Crippen molar-refractivity contribution < 1.29 is 0 Å². The Labute approximate surface area is 129 Å². The van der Waals surface area contributed by atoms with E-state index in [2.05, 4.69) is 55.0 Å². The molecular weight excluding hydrogens is 276 g/mol. The Kier molecular flexibility index (Phi) is 3.68. The van der Waals surface area contributed by atoms with Crippen LogP contribution >= 0.6 is 11.8 Å². The summed E-state index contributed by atoms with van der Waals surface area (Å²) in [6.07, 6.45) is 5.65. The van der Waals surface area contributed by atoms with Crippen LogP contribution in [0, 0.1) is 0 Å². The van der Waals surface area contributed by atoms with Gasteiger partial charge in [0.1, 0.15) is 0 Å². The van der Waals surface area contributed by atoms with Gasteiger partial charge < -0.3 is 0 Å². The average Bonchev–Trinajstić information content (AvgIpc) is 2.46. The molecule has 0 fully saturated rings. The van der Waals surface area contributed by atoms with Crippen LogP contribution in [0.15, 0.2) is 59.9 Å². The number of fused-ring (bicyclic) bond motifs is 1. The Morgan fingerprint density at radius 2 is 1.76 bits per heavy atom. The van der Waals surface area contributed by atoms with E-state index in [1.54, 1.807) is 0 Å². The molecule has 0 atom stereocenters. The zero-order valence-electron chi connectivity index (χ0n) is 12.5. The molecule has 0 saturated carbocycles. The highest BCUT2D eigenvalue weighted by Crippen LogP contribution is 2.39. The number of nitrogens with zero attached hydrogens (tertiary/aromatic N) is 2. The molecule has 0 aliphatic rings. The molecule has 0 unspecified atom stereocenters. The molecule has 21 heavy (non-hydrogen) atoms. The first-order valence-electron chi connectivity index (χ1n) is 7.02. The Hall–Kier alpha value is -1.87. The summed E-state index contributed by atoms with van der Waals surface area (Å²) in [7, 11) is 0. The number of thioether (sulfide) groups is 1. The zero-order chi connectivity index (χ0) is 14.9. The van der Waals surface area contributed by atoms with Gasteiger partial charge in [-0.05, 0) is 23.8 Å². The quantitative estimate of drug-likeness (QED) is 0.608. The van der Waals surface area contributed by atoms with Gasteiger partial charge in [0.15, 0.2) is 0 Å². The molecule has 2 aromatic heterocycles. The van der Waals surface area contributed by atoms with E-state index < -0.39 is 0 Å². The minimum atomic E-state index is 0.166. The van der Waals surface area contributed by atoms with Crippen molar-refractivity contribution in [1.29, 1.82) is 0 Å². The van der Waals surface area contributed by atoms with E-state index >= 15 is 0 Å². The maximum Gasteiger partial charge on any atom is 0.0708 e. The van der Waals surface area contributed by atoms with Crippen LogP contribution in [0.4, 0.5) is 0 Å². The fraction of sp³-hybridized carbons (Fsp3) is 0.222. The Balaban J connectivity index is 2.20. The summed E-state index contributed by atoms with van der Waals surface area (Å²) in [4.78, 5) is 10.0. The standard InChI is InChI=1S/C18H18N2S/c1-18(2,3)21-17-9-11-19-12-15(17)13-6-4-8-16-14(13)7-5-10-20-16/h4-12H,1-3H3. The second kappa shape index (κ2) is 5.49. The van der Waals surface area contributed by atoms with E-state index in [-0.39, 0.29) is 4.75 Å². The molecule has 2 nitrogen and oxygen atoms in total. The predicted octanol–water partition coefficient (Wildman–Crippen LogP) is 5.19. The minimum absolute atomic E-state index is 0.166. The van der Waals surface area contributed by atoms with E-state index in [1.165, 1.54) is 21.4 Å². The lowest BCUT2D eigenvalue weighted by molar-refractivity contribution is 0.803. The van der Waals surface area contributed by atoms with Crippen molar-refractivity contribution in [2.45, 2.75) is 30.4 Å². The van der Waals surface area contributed by atoms with Crippen LogP contribution in [0.25, 0.3) is 22.0 Å². The van der Waals surface area contributed by atoms with Gasteiger partial charge in [0, 0.05) is 39.2 Å². The Morgan fingerprint density at radius 3 is 2.57 bits per heavy atom. The first-order valence-corrected chi connectivity index (χ1v) is 7.83. The smallest absolute Gasteiger partial charge is 0.0708 e. The van der Waals surface area contributed by atoms with Crippen molar-refractivity contribution in [3.8, 4) is 11.1 Å². The fourth-order valence-corrected chi connectivity index (χ4v) is 3.40. The SMILES string of the molecule is CC(C)(C)Sc1ccncc1-c1cccc2ncccc12. The third-order valence-corrected chi connectivity index (χ3v) is 4.32. The van der Waals surface area contributed by atoms with E-state index in [1.807, 2.05) is 42.5 Å². The maximum atomic E-state index is 4.44. The molecule has 0 bridgehead atoms. The van der Waals surface area contributed by atoms with Gasteiger partial charge in [-0.2, -0.15) is 0 Å². The van der Waals surface area contributed by atoms with E-state index in [0.29, 0.717) is 0 Å². The van der Waals surface area contributed by atoms with Gasteiger partial charge in [-0.25, -0.2) is 0 Å². The third kappa shape index (κ3) is 3.08. The van der Waals surface area contributed by atoms with E-state index in [9.17, 15) is 0 Å². The zero-order valence-corrected chi connectivity index (χ0v) is 13.3. The highest BCUT2D eigenvalue weighted by atomic mass is 32.2. The van der Waals surface area contributed by atoms with Gasteiger partial charge in [-0.15, -0.1) is 11.8 Å². The number of hydrogen-bond donors (Lipinski definition) is 0. The second-order valence-electron chi connectivity index (χ2n) is 5.96. The van der Waals surface area contributed by atoms with Crippen LogP contribution in [0.3, 0.4) is 0 Å². The fourth-order valence-electron chi connectivity index (χ4n) is 2.34. The highest BCUT2D eigenvalue weighted by molar-refractivity contribution is 8.00. The molecule has 106 valence electrons. The van der Waals surface area contributed by atoms with Crippen LogP contribution in [-0.2, 0) is 0 Å². The Morgan fingerprint density at radius 1 is 0.905 bits per heavy atom. The Bertz CT molecular complexity index is 770. The predicted molar refractivity (Wildman–Crippen MR) is 90.6 cm³/mol. The molecule has 1 aromatic carbocycles. The monoisotopic (exact) mass is 294 g/mol. The van der Waals surface area contributed by atoms with Crippen molar-refractivity contribution in [2.75, 3.05) is 0 Å². The summed E-state index contributed by atoms with van der Waals surface area (Å²) in [5.41, 5.74) is 3.39. The second-order valence-corrected chi connectivity index (χ2v) is 7.83. The van der Waals surface area contributed by atoms with Gasteiger partial charge in [-0.3, -0.25) is 9.97 Å². The number of benzene rings is 1. The molecule has 0 spiro atoms. The number of pyridine rings is 2. The molecule has 0 aliphatic carbocycles. The molecule has 2 heterocycles. The summed E-state index contributed by atoms with van der Waals surface area (Å²) >= 11 is 1.87. The van der Waals surface area contributed by atoms with Gasteiger partial charge in [0.05, 0.1) is 5.52 Å². The van der Waals surface area contributed by atoms with Crippen molar-refractivity contribution in [3.63, 3.8) is 0 Å². The topological polar surface area (TPSA) is 25.8 Å². The molecule has 3 aromatic rings. The largest absolute Gasteiger partial charge is 0.264 e. The third-order valence-electron chi connectivity index (χ3n) is 3.13. The molecule has 0 saturated heterocycles. The van der Waals surface area contributed by atoms with Crippen molar-refractivity contribution in [3.05, 3.63) is 55.0 Å². The van der Waals surface area contributed by atoms with Gasteiger partial charge >= 0.3 is 0 Å². The van der Waals surface area contributed by atoms with Crippen LogP contribution in [0.1, 0.15) is 20.8 Å². The minimum Gasteiger partial charge on any atom is -0.264 e. The van der Waals surface area contributed by atoms with Crippen LogP contribution in [-0.4, -0.2) is 14.7 Å². The van der Waals surface area contributed by atoms with Gasteiger partial charge in [-0.1, -0.05) is 39.0 Å². The lowest BCUT2D eigenvalue weighted by Crippen LogP contribution is -2.07. The summed E-state index contributed by atoms with van der Waals surface area (Å²) < 4.78 is 0.166. The van der Waals surface area contributed by atoms with Gasteiger partial charge in [0.2, 0.25) is 0 Å².